The summed E-state index contributed by atoms with van der Waals surface area (Å²) in [6, 6.07) is 0. The quantitative estimate of drug-likeness (QED) is 0.0203. The van der Waals surface area contributed by atoms with Crippen LogP contribution in [-0.4, -0.2) is 70.7 Å². The number of carbonyl (C=O) groups excluding carboxylic acids is 1. The number of hydrogen-bond acceptors (Lipinski definition) is 7. The highest BCUT2D eigenvalue weighted by Crippen LogP contribution is 2.38. The molecule has 0 saturated carbocycles. The molecule has 0 N–H and O–H groups in total. The second kappa shape index (κ2) is 37.1. The Morgan fingerprint density at radius 1 is 0.604 bits per heavy atom. The van der Waals surface area contributed by atoms with Crippen molar-refractivity contribution >= 4 is 13.8 Å². The number of likely N-dealkylation sites (N-methyl/N-ethyl adjacent to an activating group) is 1. The first-order valence-corrected chi connectivity index (χ1v) is 22.5. The summed E-state index contributed by atoms with van der Waals surface area (Å²) in [4.78, 5) is 25.0. The molecule has 9 heteroatoms. The molecule has 0 aromatic carbocycles. The van der Waals surface area contributed by atoms with Crippen molar-refractivity contribution in [3.8, 4) is 0 Å². The summed E-state index contributed by atoms with van der Waals surface area (Å²) in [6.45, 7) is 5.21. The van der Waals surface area contributed by atoms with E-state index in [4.69, 9.17) is 18.5 Å². The number of phosphoric ester groups is 1. The SMILES string of the molecule is CC/C=C\C/C=C\C/C=C\CCCCCCCCOCC(COP(=O)([O-])OCC[N+](C)(C)C)OC(=O)CCCCCCC/C=C\C/C=C\CCCCC. The van der Waals surface area contributed by atoms with Crippen molar-refractivity contribution in [3.63, 3.8) is 0 Å². The van der Waals surface area contributed by atoms with Gasteiger partial charge in [0.15, 0.2) is 0 Å². The number of rotatable bonds is 38. The van der Waals surface area contributed by atoms with E-state index in [2.05, 4.69) is 74.6 Å². The number of ether oxygens (including phenoxy) is 2. The van der Waals surface area contributed by atoms with Crippen LogP contribution in [0.1, 0.15) is 155 Å². The van der Waals surface area contributed by atoms with Gasteiger partial charge in [0.1, 0.15) is 19.3 Å². The average molecular weight is 766 g/mol. The zero-order chi connectivity index (χ0) is 39.1. The van der Waals surface area contributed by atoms with Crippen molar-refractivity contribution in [1.29, 1.82) is 0 Å². The lowest BCUT2D eigenvalue weighted by Gasteiger charge is -2.28. The van der Waals surface area contributed by atoms with Crippen LogP contribution in [0.2, 0.25) is 0 Å². The number of hydrogen-bond donors (Lipinski definition) is 0. The Kier molecular flexibility index (Phi) is 35.9. The predicted molar refractivity (Wildman–Crippen MR) is 222 cm³/mol. The number of nitrogens with zero attached hydrogens (tertiary/aromatic N) is 1. The predicted octanol–water partition coefficient (Wildman–Crippen LogP) is 11.5. The highest BCUT2D eigenvalue weighted by molar-refractivity contribution is 7.45. The van der Waals surface area contributed by atoms with E-state index in [1.807, 2.05) is 21.1 Å². The minimum Gasteiger partial charge on any atom is -0.756 e. The molecule has 2 unspecified atom stereocenters. The van der Waals surface area contributed by atoms with E-state index < -0.39 is 13.9 Å². The molecule has 0 heterocycles. The van der Waals surface area contributed by atoms with E-state index >= 15 is 0 Å². The van der Waals surface area contributed by atoms with Crippen LogP contribution < -0.4 is 4.89 Å². The molecule has 0 fully saturated rings. The Balaban J connectivity index is 4.32. The van der Waals surface area contributed by atoms with Gasteiger partial charge >= 0.3 is 5.97 Å². The summed E-state index contributed by atoms with van der Waals surface area (Å²) in [5.41, 5.74) is 0. The molecule has 0 rings (SSSR count). The summed E-state index contributed by atoms with van der Waals surface area (Å²) in [6.07, 6.45) is 45.1. The lowest BCUT2D eigenvalue weighted by molar-refractivity contribution is -0.870. The molecule has 0 bridgehead atoms. The molecular weight excluding hydrogens is 685 g/mol. The topological polar surface area (TPSA) is 94.1 Å². The smallest absolute Gasteiger partial charge is 0.306 e. The molecule has 8 nitrogen and oxygen atoms in total. The van der Waals surface area contributed by atoms with Crippen molar-refractivity contribution in [3.05, 3.63) is 60.8 Å². The maximum atomic E-state index is 12.6. The minimum atomic E-state index is -4.53. The van der Waals surface area contributed by atoms with Gasteiger partial charge in [0.05, 0.1) is 34.4 Å². The van der Waals surface area contributed by atoms with Crippen molar-refractivity contribution in [1.82, 2.24) is 0 Å². The Bertz CT molecular complexity index is 1030. The molecule has 0 aliphatic carbocycles. The second-order valence-electron chi connectivity index (χ2n) is 15.0. The summed E-state index contributed by atoms with van der Waals surface area (Å²) in [5.74, 6) is -0.356. The fourth-order valence-corrected chi connectivity index (χ4v) is 6.02. The third-order valence-corrected chi connectivity index (χ3v) is 9.52. The molecule has 0 aliphatic heterocycles. The molecule has 2 atom stereocenters. The molecule has 0 radical (unpaired) electrons. The fraction of sp³-hybridized carbons (Fsp3) is 0.750. The number of carbonyl (C=O) groups is 1. The Hall–Kier alpha value is -1.80. The van der Waals surface area contributed by atoms with Gasteiger partial charge in [-0.3, -0.25) is 9.36 Å². The third kappa shape index (κ3) is 41.2. The van der Waals surface area contributed by atoms with Crippen molar-refractivity contribution in [2.75, 3.05) is 54.1 Å². The number of allylic oxidation sites excluding steroid dienone is 10. The number of quaternary nitrogens is 1. The van der Waals surface area contributed by atoms with Gasteiger partial charge < -0.3 is 27.9 Å². The third-order valence-electron chi connectivity index (χ3n) is 8.55. The molecule has 0 aliphatic rings. The maximum absolute atomic E-state index is 12.6. The molecule has 0 aromatic rings. The summed E-state index contributed by atoms with van der Waals surface area (Å²) < 4.78 is 34.5. The van der Waals surface area contributed by atoms with E-state index in [9.17, 15) is 14.3 Å². The summed E-state index contributed by atoms with van der Waals surface area (Å²) in [5, 5.41) is 0. The van der Waals surface area contributed by atoms with Crippen LogP contribution in [0, 0.1) is 0 Å². The van der Waals surface area contributed by atoms with Crippen LogP contribution in [0.5, 0.6) is 0 Å². The van der Waals surface area contributed by atoms with Gasteiger partial charge in [0.25, 0.3) is 7.82 Å². The van der Waals surface area contributed by atoms with Gasteiger partial charge in [0, 0.05) is 13.0 Å². The van der Waals surface area contributed by atoms with Gasteiger partial charge in [0.2, 0.25) is 0 Å². The van der Waals surface area contributed by atoms with Gasteiger partial charge in [-0.2, -0.15) is 0 Å². The average Bonchev–Trinajstić information content (AvgIpc) is 3.11. The van der Waals surface area contributed by atoms with Crippen molar-refractivity contribution in [2.45, 2.75) is 161 Å². The Morgan fingerprint density at radius 2 is 1.09 bits per heavy atom. The second-order valence-corrected chi connectivity index (χ2v) is 16.4. The largest absolute Gasteiger partial charge is 0.756 e. The highest BCUT2D eigenvalue weighted by Gasteiger charge is 2.20. The monoisotopic (exact) mass is 766 g/mol. The van der Waals surface area contributed by atoms with E-state index in [1.165, 1.54) is 44.9 Å². The first-order valence-electron chi connectivity index (χ1n) is 21.0. The van der Waals surface area contributed by atoms with Crippen LogP contribution in [0.15, 0.2) is 60.8 Å². The lowest BCUT2D eigenvalue weighted by atomic mass is 10.1. The summed E-state index contributed by atoms with van der Waals surface area (Å²) >= 11 is 0. The molecule has 308 valence electrons. The normalized spacial score (nSPS) is 14.5. The molecule has 0 saturated heterocycles. The highest BCUT2D eigenvalue weighted by atomic mass is 31.2. The van der Waals surface area contributed by atoms with Gasteiger partial charge in [-0.1, -0.05) is 132 Å². The molecular formula is C44H80NO7P. The van der Waals surface area contributed by atoms with E-state index in [0.717, 1.165) is 89.9 Å². The Labute approximate surface area is 326 Å². The first kappa shape index (κ1) is 51.2. The zero-order valence-corrected chi connectivity index (χ0v) is 35.6. The standard InChI is InChI=1S/C44H80NO7P/c1-6-8-10-12-14-16-18-20-22-24-26-28-30-32-34-36-39-49-41-43(42-51-53(47,48)50-40-38-45(3,4)5)52-44(46)37-35-33-31-29-27-25-23-21-19-17-15-13-11-9-7-2/h8,10,14-17,20-23,43H,6-7,9,11-13,18-19,24-42H2,1-5H3/b10-8-,16-14-,17-15-,22-20-,23-21-. The van der Waals surface area contributed by atoms with Crippen molar-refractivity contribution in [2.24, 2.45) is 0 Å². The van der Waals surface area contributed by atoms with E-state index in [-0.39, 0.29) is 25.8 Å². The number of unbranched alkanes of at least 4 members (excludes halogenated alkanes) is 14. The van der Waals surface area contributed by atoms with Crippen LogP contribution in [0.3, 0.4) is 0 Å². The molecule has 0 aromatic heterocycles. The zero-order valence-electron chi connectivity index (χ0n) is 34.7. The van der Waals surface area contributed by atoms with Crippen LogP contribution >= 0.6 is 7.82 Å². The fourth-order valence-electron chi connectivity index (χ4n) is 5.29. The van der Waals surface area contributed by atoms with E-state index in [0.29, 0.717) is 24.1 Å². The van der Waals surface area contributed by atoms with Crippen LogP contribution in [-0.2, 0) is 27.9 Å². The van der Waals surface area contributed by atoms with Gasteiger partial charge in [-0.25, -0.2) is 0 Å². The minimum absolute atomic E-state index is 0.0176. The molecule has 53 heavy (non-hydrogen) atoms. The van der Waals surface area contributed by atoms with Crippen molar-refractivity contribution < 1.29 is 37.3 Å². The van der Waals surface area contributed by atoms with E-state index in [1.54, 1.807) is 0 Å². The van der Waals surface area contributed by atoms with Gasteiger partial charge in [-0.05, 0) is 77.0 Å². The van der Waals surface area contributed by atoms with Crippen LogP contribution in [0.25, 0.3) is 0 Å². The van der Waals surface area contributed by atoms with Gasteiger partial charge in [-0.15, -0.1) is 0 Å². The van der Waals surface area contributed by atoms with Crippen LogP contribution in [0.4, 0.5) is 0 Å². The first-order chi connectivity index (χ1) is 25.6. The molecule has 0 spiro atoms. The number of esters is 1. The summed E-state index contributed by atoms with van der Waals surface area (Å²) in [7, 11) is 1.33. The number of phosphoric acid groups is 1. The maximum Gasteiger partial charge on any atom is 0.306 e. The Morgan fingerprint density at radius 3 is 1.64 bits per heavy atom. The lowest BCUT2D eigenvalue weighted by Crippen LogP contribution is -2.37. The molecule has 0 amide bonds.